The van der Waals surface area contributed by atoms with E-state index in [1.165, 1.54) is 4.57 Å². The van der Waals surface area contributed by atoms with Gasteiger partial charge in [0.2, 0.25) is 0 Å². The van der Waals surface area contributed by atoms with Gasteiger partial charge >= 0.3 is 5.97 Å². The highest BCUT2D eigenvalue weighted by Gasteiger charge is 2.15. The third-order valence-corrected chi connectivity index (χ3v) is 3.45. The van der Waals surface area contributed by atoms with Crippen molar-refractivity contribution in [2.75, 3.05) is 0 Å². The minimum Gasteiger partial charge on any atom is -0.481 e. The van der Waals surface area contributed by atoms with E-state index in [-0.39, 0.29) is 12.0 Å². The fourth-order valence-electron chi connectivity index (χ4n) is 2.07. The summed E-state index contributed by atoms with van der Waals surface area (Å²) in [5.41, 5.74) is 1.07. The predicted octanol–water partition coefficient (Wildman–Crippen LogP) is 2.46. The van der Waals surface area contributed by atoms with Crippen molar-refractivity contribution in [1.82, 2.24) is 4.57 Å². The molecule has 1 N–H and O–H groups in total. The largest absolute Gasteiger partial charge is 0.481 e. The van der Waals surface area contributed by atoms with Gasteiger partial charge in [-0.1, -0.05) is 24.6 Å². The minimum atomic E-state index is -0.904. The quantitative estimate of drug-likeness (QED) is 0.939. The molecule has 1 atom stereocenters. The average molecular weight is 280 g/mol. The highest BCUT2D eigenvalue weighted by molar-refractivity contribution is 6.31. The molecule has 0 aliphatic heterocycles. The highest BCUT2D eigenvalue weighted by Crippen LogP contribution is 2.19. The Morgan fingerprint density at radius 2 is 2.11 bits per heavy atom. The molecule has 0 bridgehead atoms. The Morgan fingerprint density at radius 1 is 1.42 bits per heavy atom. The molecule has 2 rings (SSSR count). The first kappa shape index (κ1) is 13.6. The van der Waals surface area contributed by atoms with Crippen LogP contribution >= 0.6 is 11.6 Å². The fourth-order valence-corrected chi connectivity index (χ4v) is 2.23. The molecular formula is C14H14ClNO3. The maximum Gasteiger partial charge on any atom is 0.306 e. The molecule has 0 aliphatic rings. The van der Waals surface area contributed by atoms with Gasteiger partial charge in [-0.3, -0.25) is 9.59 Å². The SMILES string of the molecule is CC(Cc1cc2ccc(Cl)cc2n(C)c1=O)C(=O)O. The van der Waals surface area contributed by atoms with Crippen molar-refractivity contribution >= 4 is 28.5 Å². The van der Waals surface area contributed by atoms with Crippen LogP contribution in [0, 0.1) is 5.92 Å². The van der Waals surface area contributed by atoms with Crippen molar-refractivity contribution < 1.29 is 9.90 Å². The zero-order chi connectivity index (χ0) is 14.2. The Hall–Kier alpha value is -1.81. The van der Waals surface area contributed by atoms with Crippen molar-refractivity contribution in [1.29, 1.82) is 0 Å². The summed E-state index contributed by atoms with van der Waals surface area (Å²) in [5.74, 6) is -1.49. The number of rotatable bonds is 3. The van der Waals surface area contributed by atoms with Crippen molar-refractivity contribution in [2.45, 2.75) is 13.3 Å². The Morgan fingerprint density at radius 3 is 2.74 bits per heavy atom. The standard InChI is InChI=1S/C14H14ClNO3/c1-8(14(18)19)5-10-6-9-3-4-11(15)7-12(9)16(2)13(10)17/h3-4,6-8H,5H2,1-2H3,(H,18,19). The van der Waals surface area contributed by atoms with Crippen molar-refractivity contribution in [3.8, 4) is 0 Å². The summed E-state index contributed by atoms with van der Waals surface area (Å²) in [6.45, 7) is 1.59. The number of carboxylic acid groups (broad SMARTS) is 1. The number of benzene rings is 1. The van der Waals surface area contributed by atoms with E-state index in [4.69, 9.17) is 16.7 Å². The van der Waals surface area contributed by atoms with Gasteiger partial charge in [0.25, 0.3) is 5.56 Å². The van der Waals surface area contributed by atoms with E-state index in [0.717, 1.165) is 10.9 Å². The van der Waals surface area contributed by atoms with Crippen LogP contribution in [-0.4, -0.2) is 15.6 Å². The predicted molar refractivity (Wildman–Crippen MR) is 74.7 cm³/mol. The number of aryl methyl sites for hydroxylation is 1. The second-order valence-electron chi connectivity index (χ2n) is 4.68. The molecular weight excluding hydrogens is 266 g/mol. The summed E-state index contributed by atoms with van der Waals surface area (Å²) in [5, 5.41) is 10.4. The zero-order valence-electron chi connectivity index (χ0n) is 10.7. The number of aliphatic carboxylic acids is 1. The topological polar surface area (TPSA) is 59.3 Å². The van der Waals surface area contributed by atoms with Gasteiger partial charge in [0, 0.05) is 17.6 Å². The maximum atomic E-state index is 12.2. The fraction of sp³-hybridized carbons (Fsp3) is 0.286. The first-order valence-corrected chi connectivity index (χ1v) is 6.29. The van der Waals surface area contributed by atoms with Gasteiger partial charge in [-0.05, 0) is 30.0 Å². The van der Waals surface area contributed by atoms with Gasteiger partial charge < -0.3 is 9.67 Å². The van der Waals surface area contributed by atoms with Crippen LogP contribution in [0.15, 0.2) is 29.1 Å². The lowest BCUT2D eigenvalue weighted by Crippen LogP contribution is -2.24. The lowest BCUT2D eigenvalue weighted by molar-refractivity contribution is -0.141. The van der Waals surface area contributed by atoms with Crippen LogP contribution in [0.25, 0.3) is 10.9 Å². The molecule has 0 amide bonds. The smallest absolute Gasteiger partial charge is 0.306 e. The molecule has 4 nitrogen and oxygen atoms in total. The lowest BCUT2D eigenvalue weighted by atomic mass is 10.0. The van der Waals surface area contributed by atoms with Crippen LogP contribution in [0.5, 0.6) is 0 Å². The first-order chi connectivity index (χ1) is 8.90. The van der Waals surface area contributed by atoms with E-state index in [0.29, 0.717) is 10.6 Å². The number of hydrogen-bond acceptors (Lipinski definition) is 2. The summed E-state index contributed by atoms with van der Waals surface area (Å²) >= 11 is 5.92. The molecule has 2 aromatic rings. The lowest BCUT2D eigenvalue weighted by Gasteiger charge is -2.11. The summed E-state index contributed by atoms with van der Waals surface area (Å²) < 4.78 is 1.51. The molecule has 0 aliphatic carbocycles. The normalized spacial score (nSPS) is 12.6. The number of aromatic nitrogens is 1. The molecule has 0 radical (unpaired) electrons. The molecule has 1 aromatic carbocycles. The summed E-state index contributed by atoms with van der Waals surface area (Å²) in [4.78, 5) is 23.1. The molecule has 1 heterocycles. The van der Waals surface area contributed by atoms with Crippen molar-refractivity contribution in [2.24, 2.45) is 13.0 Å². The Labute approximate surface area is 115 Å². The van der Waals surface area contributed by atoms with Gasteiger partial charge in [0.1, 0.15) is 0 Å². The molecule has 0 saturated heterocycles. The number of fused-ring (bicyclic) bond motifs is 1. The minimum absolute atomic E-state index is 0.178. The number of nitrogens with zero attached hydrogens (tertiary/aromatic N) is 1. The number of carboxylic acids is 1. The van der Waals surface area contributed by atoms with Crippen molar-refractivity contribution in [3.63, 3.8) is 0 Å². The monoisotopic (exact) mass is 279 g/mol. The molecule has 0 spiro atoms. The average Bonchev–Trinajstić information content (AvgIpc) is 2.36. The number of carbonyl (C=O) groups is 1. The number of pyridine rings is 1. The number of hydrogen-bond donors (Lipinski definition) is 1. The molecule has 0 saturated carbocycles. The molecule has 100 valence electrons. The summed E-state index contributed by atoms with van der Waals surface area (Å²) in [6, 6.07) is 7.04. The Bertz CT molecular complexity index is 706. The van der Waals surface area contributed by atoms with Crippen LogP contribution in [0.4, 0.5) is 0 Å². The van der Waals surface area contributed by atoms with E-state index < -0.39 is 11.9 Å². The van der Waals surface area contributed by atoms with Gasteiger partial charge in [-0.2, -0.15) is 0 Å². The Kier molecular flexibility index (Phi) is 3.62. The van der Waals surface area contributed by atoms with Gasteiger partial charge in [-0.25, -0.2) is 0 Å². The summed E-state index contributed by atoms with van der Waals surface area (Å²) in [6.07, 6.45) is 0.223. The third kappa shape index (κ3) is 2.63. The molecule has 0 fully saturated rings. The highest BCUT2D eigenvalue weighted by atomic mass is 35.5. The number of halogens is 1. The first-order valence-electron chi connectivity index (χ1n) is 5.91. The van der Waals surface area contributed by atoms with Crippen LogP contribution in [-0.2, 0) is 18.3 Å². The molecule has 19 heavy (non-hydrogen) atoms. The maximum absolute atomic E-state index is 12.2. The second kappa shape index (κ2) is 5.05. The van der Waals surface area contributed by atoms with E-state index in [1.807, 2.05) is 6.07 Å². The van der Waals surface area contributed by atoms with Crippen LogP contribution in [0.3, 0.4) is 0 Å². The Balaban J connectivity index is 2.58. The van der Waals surface area contributed by atoms with E-state index >= 15 is 0 Å². The van der Waals surface area contributed by atoms with Gasteiger partial charge in [-0.15, -0.1) is 0 Å². The van der Waals surface area contributed by atoms with E-state index in [1.54, 1.807) is 32.2 Å². The second-order valence-corrected chi connectivity index (χ2v) is 5.12. The van der Waals surface area contributed by atoms with Crippen LogP contribution in [0.2, 0.25) is 5.02 Å². The van der Waals surface area contributed by atoms with Gasteiger partial charge in [0.15, 0.2) is 0 Å². The zero-order valence-corrected chi connectivity index (χ0v) is 11.4. The molecule has 1 aromatic heterocycles. The van der Waals surface area contributed by atoms with Crippen LogP contribution in [0.1, 0.15) is 12.5 Å². The van der Waals surface area contributed by atoms with E-state index in [9.17, 15) is 9.59 Å². The molecule has 1 unspecified atom stereocenters. The third-order valence-electron chi connectivity index (χ3n) is 3.21. The molecule has 5 heteroatoms. The summed E-state index contributed by atoms with van der Waals surface area (Å²) in [7, 11) is 1.66. The van der Waals surface area contributed by atoms with Crippen LogP contribution < -0.4 is 5.56 Å². The van der Waals surface area contributed by atoms with E-state index in [2.05, 4.69) is 0 Å². The van der Waals surface area contributed by atoms with Crippen molar-refractivity contribution in [3.05, 3.63) is 45.2 Å². The van der Waals surface area contributed by atoms with Gasteiger partial charge in [0.05, 0.1) is 11.4 Å².